The number of halogens is 2. The number of ether oxygens (including phenoxy) is 1. The molecule has 0 aliphatic carbocycles. The van der Waals surface area contributed by atoms with Crippen LogP contribution >= 0.6 is 11.6 Å². The van der Waals surface area contributed by atoms with E-state index in [1.165, 1.54) is 18.2 Å². The Balaban J connectivity index is 2.74. The molecule has 0 atom stereocenters. The van der Waals surface area contributed by atoms with E-state index in [1.807, 2.05) is 0 Å². The first-order chi connectivity index (χ1) is 7.29. The van der Waals surface area contributed by atoms with E-state index < -0.39 is 17.5 Å². The van der Waals surface area contributed by atoms with Crippen molar-refractivity contribution in [1.29, 1.82) is 0 Å². The summed E-state index contributed by atoms with van der Waals surface area (Å²) in [6.45, 7) is 5.21. The highest BCUT2D eigenvalue weighted by Gasteiger charge is 2.17. The number of amides is 1. The average molecular weight is 246 g/mol. The van der Waals surface area contributed by atoms with Crippen LogP contribution in [0.3, 0.4) is 0 Å². The van der Waals surface area contributed by atoms with Crippen molar-refractivity contribution in [2.24, 2.45) is 0 Å². The highest BCUT2D eigenvalue weighted by Crippen LogP contribution is 2.24. The van der Waals surface area contributed by atoms with Crippen LogP contribution in [-0.4, -0.2) is 11.7 Å². The van der Waals surface area contributed by atoms with Gasteiger partial charge in [0.2, 0.25) is 0 Å². The number of rotatable bonds is 1. The Kier molecular flexibility index (Phi) is 3.75. The van der Waals surface area contributed by atoms with Crippen LogP contribution in [0.4, 0.5) is 14.9 Å². The van der Waals surface area contributed by atoms with E-state index in [9.17, 15) is 9.18 Å². The third-order valence-corrected chi connectivity index (χ3v) is 1.97. The van der Waals surface area contributed by atoms with Crippen molar-refractivity contribution < 1.29 is 13.9 Å². The molecule has 1 amide bonds. The maximum atomic E-state index is 13.0. The smallest absolute Gasteiger partial charge is 0.412 e. The monoisotopic (exact) mass is 245 g/mol. The van der Waals surface area contributed by atoms with Gasteiger partial charge < -0.3 is 4.74 Å². The quantitative estimate of drug-likeness (QED) is 0.817. The fraction of sp³-hybridized carbons (Fsp3) is 0.364. The van der Waals surface area contributed by atoms with Crippen molar-refractivity contribution >= 4 is 23.4 Å². The van der Waals surface area contributed by atoms with Crippen molar-refractivity contribution in [2.75, 3.05) is 5.32 Å². The second-order valence-electron chi connectivity index (χ2n) is 4.23. The van der Waals surface area contributed by atoms with Gasteiger partial charge in [0.05, 0.1) is 10.7 Å². The van der Waals surface area contributed by atoms with Crippen LogP contribution in [0.15, 0.2) is 18.2 Å². The van der Waals surface area contributed by atoms with Crippen LogP contribution in [-0.2, 0) is 4.74 Å². The predicted octanol–water partition coefficient (Wildman–Crippen LogP) is 3.83. The van der Waals surface area contributed by atoms with Crippen LogP contribution < -0.4 is 5.32 Å². The minimum atomic E-state index is -0.667. The number of anilines is 1. The van der Waals surface area contributed by atoms with Gasteiger partial charge in [0, 0.05) is 0 Å². The van der Waals surface area contributed by atoms with Crippen molar-refractivity contribution in [3.63, 3.8) is 0 Å². The van der Waals surface area contributed by atoms with Crippen molar-refractivity contribution in [2.45, 2.75) is 26.4 Å². The molecule has 88 valence electrons. The normalized spacial score (nSPS) is 11.1. The fourth-order valence-corrected chi connectivity index (χ4v) is 1.19. The van der Waals surface area contributed by atoms with Gasteiger partial charge in [0.25, 0.3) is 0 Å². The highest BCUT2D eigenvalue weighted by atomic mass is 35.5. The van der Waals surface area contributed by atoms with Gasteiger partial charge in [-0.1, -0.05) is 17.7 Å². The summed E-state index contributed by atoms with van der Waals surface area (Å²) in [5.41, 5.74) is -0.417. The molecule has 0 fully saturated rings. The number of carbonyl (C=O) groups excluding carboxylic acids is 1. The molecule has 0 aromatic heterocycles. The maximum absolute atomic E-state index is 13.0. The van der Waals surface area contributed by atoms with Crippen LogP contribution in [0, 0.1) is 5.82 Å². The Morgan fingerprint density at radius 1 is 1.44 bits per heavy atom. The van der Waals surface area contributed by atoms with E-state index in [0.29, 0.717) is 0 Å². The van der Waals surface area contributed by atoms with Crippen LogP contribution in [0.5, 0.6) is 0 Å². The van der Waals surface area contributed by atoms with Gasteiger partial charge in [-0.05, 0) is 32.9 Å². The number of carbonyl (C=O) groups is 1. The average Bonchev–Trinajstić information content (AvgIpc) is 2.09. The minimum absolute atomic E-state index is 0.131. The largest absolute Gasteiger partial charge is 0.444 e. The summed E-state index contributed by atoms with van der Waals surface area (Å²) in [5, 5.41) is 2.24. The van der Waals surface area contributed by atoms with Crippen molar-refractivity contribution in [3.05, 3.63) is 29.0 Å². The lowest BCUT2D eigenvalue weighted by Gasteiger charge is -2.19. The molecule has 1 aromatic rings. The highest BCUT2D eigenvalue weighted by molar-refractivity contribution is 6.33. The Hall–Kier alpha value is -1.29. The molecule has 0 bridgehead atoms. The number of nitrogens with one attached hydrogen (secondary N) is 1. The second-order valence-corrected chi connectivity index (χ2v) is 4.61. The topological polar surface area (TPSA) is 38.3 Å². The molecule has 1 N–H and O–H groups in total. The Bertz CT molecular complexity index is 401. The number of hydrogen-bond donors (Lipinski definition) is 1. The molecule has 0 unspecified atom stereocenters. The first-order valence-electron chi connectivity index (χ1n) is 4.73. The molecular weight excluding hydrogens is 233 g/mol. The van der Waals surface area contributed by atoms with Crippen LogP contribution in [0.2, 0.25) is 5.02 Å². The Labute approximate surface area is 98.5 Å². The predicted molar refractivity (Wildman–Crippen MR) is 61.3 cm³/mol. The summed E-state index contributed by atoms with van der Waals surface area (Å²) < 4.78 is 18.0. The first-order valence-corrected chi connectivity index (χ1v) is 5.11. The summed E-state index contributed by atoms with van der Waals surface area (Å²) in [7, 11) is 0. The summed E-state index contributed by atoms with van der Waals surface area (Å²) in [5.74, 6) is -0.588. The molecule has 0 radical (unpaired) electrons. The first kappa shape index (κ1) is 12.8. The van der Waals surface area contributed by atoms with Crippen molar-refractivity contribution in [1.82, 2.24) is 0 Å². The second kappa shape index (κ2) is 4.70. The molecule has 0 aliphatic heterocycles. The van der Waals surface area contributed by atoms with Gasteiger partial charge in [-0.25, -0.2) is 9.18 Å². The molecule has 1 aromatic carbocycles. The fourth-order valence-electron chi connectivity index (χ4n) is 1.01. The van der Waals surface area contributed by atoms with E-state index in [-0.39, 0.29) is 10.7 Å². The van der Waals surface area contributed by atoms with Gasteiger partial charge in [-0.15, -0.1) is 0 Å². The van der Waals surface area contributed by atoms with Gasteiger partial charge in [-0.3, -0.25) is 5.32 Å². The zero-order valence-electron chi connectivity index (χ0n) is 9.30. The van der Waals surface area contributed by atoms with E-state index in [1.54, 1.807) is 20.8 Å². The number of hydrogen-bond acceptors (Lipinski definition) is 2. The van der Waals surface area contributed by atoms with E-state index >= 15 is 0 Å². The molecule has 0 spiro atoms. The molecule has 1 rings (SSSR count). The van der Waals surface area contributed by atoms with Gasteiger partial charge >= 0.3 is 6.09 Å². The van der Waals surface area contributed by atoms with Crippen LogP contribution in [0.1, 0.15) is 20.8 Å². The molecule has 5 heteroatoms. The molecular formula is C11H13ClFNO2. The van der Waals surface area contributed by atoms with E-state index in [4.69, 9.17) is 16.3 Å². The minimum Gasteiger partial charge on any atom is -0.444 e. The van der Waals surface area contributed by atoms with E-state index in [0.717, 1.165) is 0 Å². The third kappa shape index (κ3) is 3.70. The Morgan fingerprint density at radius 2 is 2.06 bits per heavy atom. The summed E-state index contributed by atoms with van der Waals surface area (Å²) in [4.78, 5) is 11.4. The standard InChI is InChI=1S/C11H13ClFNO2/c1-11(2,3)16-10(15)14-8-6-4-5-7(13)9(8)12/h4-6H,1-3H3,(H,14,15). The molecule has 16 heavy (non-hydrogen) atoms. The number of benzene rings is 1. The van der Waals surface area contributed by atoms with E-state index in [2.05, 4.69) is 5.32 Å². The lowest BCUT2D eigenvalue weighted by molar-refractivity contribution is 0.0636. The zero-order chi connectivity index (χ0) is 12.3. The molecule has 3 nitrogen and oxygen atoms in total. The molecule has 0 aliphatic rings. The summed E-state index contributed by atoms with van der Waals surface area (Å²) in [6, 6.07) is 4.16. The third-order valence-electron chi connectivity index (χ3n) is 1.59. The lowest BCUT2D eigenvalue weighted by Crippen LogP contribution is -2.27. The Morgan fingerprint density at radius 3 is 2.62 bits per heavy atom. The lowest BCUT2D eigenvalue weighted by atomic mass is 10.2. The molecule has 0 saturated carbocycles. The maximum Gasteiger partial charge on any atom is 0.412 e. The van der Waals surface area contributed by atoms with Gasteiger partial charge in [0.15, 0.2) is 0 Å². The SMILES string of the molecule is CC(C)(C)OC(=O)Nc1cccc(F)c1Cl. The van der Waals surface area contributed by atoms with Gasteiger partial charge in [0.1, 0.15) is 11.4 Å². The summed E-state index contributed by atoms with van der Waals surface area (Å²) >= 11 is 5.66. The summed E-state index contributed by atoms with van der Waals surface area (Å²) in [6.07, 6.45) is -0.667. The van der Waals surface area contributed by atoms with Crippen molar-refractivity contribution in [3.8, 4) is 0 Å². The zero-order valence-corrected chi connectivity index (χ0v) is 10.1. The molecule has 0 heterocycles. The molecule has 0 saturated heterocycles. The van der Waals surface area contributed by atoms with Gasteiger partial charge in [-0.2, -0.15) is 0 Å². The van der Waals surface area contributed by atoms with Crippen LogP contribution in [0.25, 0.3) is 0 Å².